The molecule has 0 amide bonds. The van der Waals surface area contributed by atoms with Gasteiger partial charge in [-0.15, -0.1) is 23.2 Å². The molecule has 0 saturated heterocycles. The van der Waals surface area contributed by atoms with Crippen molar-refractivity contribution in [3.63, 3.8) is 0 Å². The number of rotatable bonds is 5. The number of esters is 1. The van der Waals surface area contributed by atoms with Crippen LogP contribution in [0.2, 0.25) is 0 Å². The molecule has 37 heavy (non-hydrogen) atoms. The van der Waals surface area contributed by atoms with Gasteiger partial charge in [0.25, 0.3) is 0 Å². The molecule has 4 aliphatic carbocycles. The maximum atomic E-state index is 16.0. The second-order valence-corrected chi connectivity index (χ2v) is 13.2. The number of alkyl halides is 3. The molecule has 4 aliphatic rings. The monoisotopic (exact) mass is 566 g/mol. The molecule has 7 heteroatoms. The highest BCUT2D eigenvalue weighted by Crippen LogP contribution is 2.72. The van der Waals surface area contributed by atoms with Gasteiger partial charge in [-0.05, 0) is 67.1 Å². The van der Waals surface area contributed by atoms with Crippen LogP contribution in [-0.4, -0.2) is 34.3 Å². The van der Waals surface area contributed by atoms with E-state index in [4.69, 9.17) is 39.5 Å². The molecular weight excluding hydrogens is 534 g/mol. The molecule has 3 saturated carbocycles. The Morgan fingerprint density at radius 1 is 1.19 bits per heavy atom. The summed E-state index contributed by atoms with van der Waals surface area (Å²) >= 11 is 21.4. The summed E-state index contributed by atoms with van der Waals surface area (Å²) in [5, 5.41) is -0.621. The number of carbonyl (C=O) groups excluding carboxylic acids is 2. The molecular formula is C30H34Cl3FO3. The summed E-state index contributed by atoms with van der Waals surface area (Å²) in [4.78, 5) is 23.9. The van der Waals surface area contributed by atoms with Crippen LogP contribution in [0.25, 0.3) is 0 Å². The normalized spacial score (nSPS) is 42.7. The average Bonchev–Trinajstić information content (AvgIpc) is 3.14. The molecule has 0 spiro atoms. The van der Waals surface area contributed by atoms with Crippen molar-refractivity contribution in [1.82, 2.24) is 0 Å². The summed E-state index contributed by atoms with van der Waals surface area (Å²) in [6.45, 7) is 5.79. The van der Waals surface area contributed by atoms with Crippen molar-refractivity contribution >= 4 is 46.6 Å². The highest BCUT2D eigenvalue weighted by Gasteiger charge is 2.73. The minimum absolute atomic E-state index is 0.00907. The highest BCUT2D eigenvalue weighted by molar-refractivity contribution is 6.45. The first-order chi connectivity index (χ1) is 17.5. The fourth-order valence-corrected chi connectivity index (χ4v) is 9.77. The second-order valence-electron chi connectivity index (χ2n) is 11.7. The number of hydrogen-bond donors (Lipinski definition) is 0. The second kappa shape index (κ2) is 9.68. The van der Waals surface area contributed by atoms with Gasteiger partial charge < -0.3 is 4.74 Å². The van der Waals surface area contributed by atoms with Gasteiger partial charge in [0.05, 0.1) is 15.3 Å². The highest BCUT2D eigenvalue weighted by atomic mass is 35.5. The summed E-state index contributed by atoms with van der Waals surface area (Å²) in [6, 6.07) is 10.2. The molecule has 200 valence electrons. The number of ether oxygens (including phenoxy) is 1. The zero-order valence-corrected chi connectivity index (χ0v) is 23.8. The number of ketones is 1. The Labute approximate surface area is 233 Å². The van der Waals surface area contributed by atoms with Crippen molar-refractivity contribution in [2.75, 3.05) is 0 Å². The molecule has 1 aromatic carbocycles. The standard InChI is InChI=1S/C30H34Cl3FO3/c1-4-24(36)37-27-17(2)14-19-20-15-21(34)25-26(32)22(35)11-12-28(25,3)30(20,33)23(31)16-29(19,27)13-10-18-8-6-5-7-9-18/h5-9,11-12,17,19-21,23,27H,4,10,13-16H2,1-3H3/t17-,19+,20+,21+,23+,27-,28+,29+,30+/m1/s1. The Kier molecular flexibility index (Phi) is 7.12. The Hall–Kier alpha value is -1.36. The van der Waals surface area contributed by atoms with Gasteiger partial charge in [0, 0.05) is 17.3 Å². The molecule has 0 N–H and O–H groups in total. The van der Waals surface area contributed by atoms with Gasteiger partial charge in [-0.2, -0.15) is 0 Å². The van der Waals surface area contributed by atoms with Gasteiger partial charge in [0.2, 0.25) is 0 Å². The third kappa shape index (κ3) is 3.95. The van der Waals surface area contributed by atoms with E-state index in [0.29, 0.717) is 12.8 Å². The zero-order valence-electron chi connectivity index (χ0n) is 21.5. The van der Waals surface area contributed by atoms with Crippen molar-refractivity contribution in [1.29, 1.82) is 0 Å². The third-order valence-electron chi connectivity index (χ3n) is 9.91. The number of hydrogen-bond acceptors (Lipinski definition) is 3. The molecule has 3 nitrogen and oxygen atoms in total. The summed E-state index contributed by atoms with van der Waals surface area (Å²) in [7, 11) is 0. The van der Waals surface area contributed by atoms with Gasteiger partial charge in [-0.1, -0.05) is 68.8 Å². The molecule has 0 radical (unpaired) electrons. The largest absolute Gasteiger partial charge is 0.461 e. The van der Waals surface area contributed by atoms with Gasteiger partial charge in [0.1, 0.15) is 12.3 Å². The van der Waals surface area contributed by atoms with Crippen molar-refractivity contribution in [2.24, 2.45) is 28.6 Å². The van der Waals surface area contributed by atoms with Crippen LogP contribution in [0.5, 0.6) is 0 Å². The Bertz CT molecular complexity index is 1150. The first kappa shape index (κ1) is 27.2. The summed E-state index contributed by atoms with van der Waals surface area (Å²) in [5.41, 5.74) is 0.0382. The van der Waals surface area contributed by atoms with Crippen molar-refractivity contribution in [3.8, 4) is 0 Å². The minimum atomic E-state index is -1.40. The number of allylic oxidation sites excluding steroid dienone is 4. The molecule has 1 aromatic rings. The molecule has 9 atom stereocenters. The Balaban J connectivity index is 1.61. The van der Waals surface area contributed by atoms with Crippen molar-refractivity contribution < 1.29 is 18.7 Å². The van der Waals surface area contributed by atoms with Crippen LogP contribution < -0.4 is 0 Å². The van der Waals surface area contributed by atoms with Gasteiger partial charge in [0.15, 0.2) is 5.78 Å². The Morgan fingerprint density at radius 2 is 1.89 bits per heavy atom. The minimum Gasteiger partial charge on any atom is -0.461 e. The number of halogens is 4. The first-order valence-corrected chi connectivity index (χ1v) is 14.5. The van der Waals surface area contributed by atoms with Crippen LogP contribution in [0.1, 0.15) is 58.4 Å². The summed E-state index contributed by atoms with van der Waals surface area (Å²) in [5.74, 6) is -0.797. The lowest BCUT2D eigenvalue weighted by Gasteiger charge is -2.64. The molecule has 0 aromatic heterocycles. The molecule has 3 fully saturated rings. The van der Waals surface area contributed by atoms with Crippen molar-refractivity contribution in [3.05, 3.63) is 58.7 Å². The summed E-state index contributed by atoms with van der Waals surface area (Å²) in [6.07, 6.45) is 4.75. The summed E-state index contributed by atoms with van der Waals surface area (Å²) < 4.78 is 22.2. The predicted molar refractivity (Wildman–Crippen MR) is 146 cm³/mol. The van der Waals surface area contributed by atoms with Crippen LogP contribution in [0, 0.1) is 28.6 Å². The number of carbonyl (C=O) groups is 2. The molecule has 0 heterocycles. The van der Waals surface area contributed by atoms with E-state index in [2.05, 4.69) is 19.1 Å². The molecule has 0 aliphatic heterocycles. The molecule has 5 rings (SSSR count). The van der Waals surface area contributed by atoms with E-state index in [-0.39, 0.29) is 46.9 Å². The maximum absolute atomic E-state index is 16.0. The number of fused-ring (bicyclic) bond motifs is 5. The predicted octanol–water partition coefficient (Wildman–Crippen LogP) is 7.57. The molecule has 0 bridgehead atoms. The SMILES string of the molecule is CCC(=O)O[C@@H]1[C@H](C)C[C@H]2[C@@H]3C[C@H](F)C4=C(Cl)C(=O)C=C[C@]4(C)[C@@]3(Cl)[C@@H](Cl)C[C@]12CCc1ccccc1. The van der Waals surface area contributed by atoms with Crippen molar-refractivity contribution in [2.45, 2.75) is 81.8 Å². The Morgan fingerprint density at radius 3 is 2.57 bits per heavy atom. The topological polar surface area (TPSA) is 43.4 Å². The first-order valence-electron chi connectivity index (χ1n) is 13.3. The smallest absolute Gasteiger partial charge is 0.305 e. The average molecular weight is 568 g/mol. The van der Waals surface area contributed by atoms with Crippen LogP contribution in [0.4, 0.5) is 4.39 Å². The number of aryl methyl sites for hydroxylation is 1. The van der Waals surface area contributed by atoms with Crippen LogP contribution >= 0.6 is 34.8 Å². The van der Waals surface area contributed by atoms with E-state index in [0.717, 1.165) is 19.3 Å². The van der Waals surface area contributed by atoms with E-state index in [1.54, 1.807) is 13.0 Å². The van der Waals surface area contributed by atoms with Crippen LogP contribution in [0.3, 0.4) is 0 Å². The van der Waals surface area contributed by atoms with Gasteiger partial charge in [-0.3, -0.25) is 9.59 Å². The fourth-order valence-electron chi connectivity index (χ4n) is 8.24. The zero-order chi connectivity index (χ0) is 26.8. The lowest BCUT2D eigenvalue weighted by molar-refractivity contribution is -0.163. The van der Waals surface area contributed by atoms with Gasteiger partial charge >= 0.3 is 5.97 Å². The number of benzene rings is 1. The fraction of sp³-hybridized carbons (Fsp3) is 0.600. The van der Waals surface area contributed by atoms with E-state index < -0.39 is 33.0 Å². The van der Waals surface area contributed by atoms with Crippen LogP contribution in [-0.2, 0) is 20.7 Å². The van der Waals surface area contributed by atoms with E-state index in [1.165, 1.54) is 11.6 Å². The lowest BCUT2D eigenvalue weighted by Crippen LogP contribution is -2.67. The van der Waals surface area contributed by atoms with E-state index >= 15 is 4.39 Å². The molecule has 0 unspecified atom stereocenters. The van der Waals surface area contributed by atoms with Crippen LogP contribution in [0.15, 0.2) is 53.1 Å². The lowest BCUT2D eigenvalue weighted by atomic mass is 9.46. The van der Waals surface area contributed by atoms with E-state index in [1.807, 2.05) is 25.1 Å². The maximum Gasteiger partial charge on any atom is 0.305 e. The third-order valence-corrected chi connectivity index (χ3v) is 11.8. The quantitative estimate of drug-likeness (QED) is 0.272. The van der Waals surface area contributed by atoms with E-state index in [9.17, 15) is 9.59 Å². The van der Waals surface area contributed by atoms with Gasteiger partial charge in [-0.25, -0.2) is 4.39 Å².